The molecule has 0 radical (unpaired) electrons. The number of benzene rings is 1. The Labute approximate surface area is 213 Å². The maximum Gasteiger partial charge on any atom is 0.225 e. The van der Waals surface area contributed by atoms with E-state index in [-0.39, 0.29) is 24.0 Å². The molecule has 0 saturated carbocycles. The van der Waals surface area contributed by atoms with Crippen LogP contribution in [0.15, 0.2) is 64.3 Å². The van der Waals surface area contributed by atoms with Crippen LogP contribution < -0.4 is 10.2 Å². The van der Waals surface area contributed by atoms with E-state index >= 15 is 0 Å². The van der Waals surface area contributed by atoms with Crippen molar-refractivity contribution in [1.29, 1.82) is 0 Å². The van der Waals surface area contributed by atoms with Crippen molar-refractivity contribution in [2.75, 3.05) is 37.6 Å². The molecule has 33 heavy (non-hydrogen) atoms. The topological polar surface area (TPSA) is 82.7 Å². The second kappa shape index (κ2) is 10.9. The first kappa shape index (κ1) is 23.4. The lowest BCUT2D eigenvalue weighted by Gasteiger charge is -2.36. The summed E-state index contributed by atoms with van der Waals surface area (Å²) in [6, 6.07) is 13.9. The van der Waals surface area contributed by atoms with Gasteiger partial charge in [0, 0.05) is 45.1 Å². The van der Waals surface area contributed by atoms with Gasteiger partial charge < -0.3 is 19.5 Å². The van der Waals surface area contributed by atoms with E-state index in [9.17, 15) is 0 Å². The minimum atomic E-state index is 0. The molecule has 10 heteroatoms. The van der Waals surface area contributed by atoms with E-state index < -0.39 is 0 Å². The number of piperazine rings is 1. The van der Waals surface area contributed by atoms with Crippen LogP contribution in [0.25, 0.3) is 21.0 Å². The van der Waals surface area contributed by atoms with Crippen LogP contribution in [-0.2, 0) is 6.54 Å². The fourth-order valence-corrected chi connectivity index (χ4v) is 4.63. The van der Waals surface area contributed by atoms with Crippen LogP contribution in [0.5, 0.6) is 0 Å². The van der Waals surface area contributed by atoms with Gasteiger partial charge in [0.1, 0.15) is 12.3 Å². The van der Waals surface area contributed by atoms with Gasteiger partial charge in [0.25, 0.3) is 0 Å². The highest BCUT2D eigenvalue weighted by Gasteiger charge is 2.21. The first-order valence-corrected chi connectivity index (χ1v) is 11.6. The van der Waals surface area contributed by atoms with Crippen LogP contribution in [0.2, 0.25) is 0 Å². The Balaban J connectivity index is 0.00000259. The van der Waals surface area contributed by atoms with Gasteiger partial charge in [-0.25, -0.2) is 19.9 Å². The van der Waals surface area contributed by atoms with Crippen LogP contribution in [-0.4, -0.2) is 58.5 Å². The SMILES string of the molecule is CCNC(=NCc1ccc(-c2nc3ccccc3s2)o1)N1CCN(c2ncccn2)CC1.I. The third-order valence-corrected chi connectivity index (χ3v) is 6.35. The Kier molecular flexibility index (Phi) is 7.76. The molecule has 0 spiro atoms. The van der Waals surface area contributed by atoms with Crippen molar-refractivity contribution in [2.24, 2.45) is 4.99 Å². The predicted octanol–water partition coefficient (Wildman–Crippen LogP) is 4.25. The second-order valence-corrected chi connectivity index (χ2v) is 8.48. The number of hydrogen-bond acceptors (Lipinski definition) is 7. The Hall–Kier alpha value is -2.73. The highest BCUT2D eigenvalue weighted by molar-refractivity contribution is 14.0. The fraction of sp³-hybridized carbons (Fsp3) is 0.304. The molecule has 1 aliphatic heterocycles. The van der Waals surface area contributed by atoms with E-state index in [0.29, 0.717) is 6.54 Å². The molecule has 5 rings (SSSR count). The smallest absolute Gasteiger partial charge is 0.225 e. The van der Waals surface area contributed by atoms with Gasteiger partial charge in [-0.3, -0.25) is 0 Å². The number of nitrogens with zero attached hydrogens (tertiary/aromatic N) is 6. The number of hydrogen-bond donors (Lipinski definition) is 1. The second-order valence-electron chi connectivity index (χ2n) is 7.45. The van der Waals surface area contributed by atoms with Crippen molar-refractivity contribution in [3.8, 4) is 10.8 Å². The van der Waals surface area contributed by atoms with Crippen LogP contribution in [0.3, 0.4) is 0 Å². The minimum absolute atomic E-state index is 0. The molecule has 1 saturated heterocycles. The first-order chi connectivity index (χ1) is 15.8. The van der Waals surface area contributed by atoms with E-state index in [1.807, 2.05) is 36.4 Å². The summed E-state index contributed by atoms with van der Waals surface area (Å²) in [7, 11) is 0. The molecule has 172 valence electrons. The zero-order valence-corrected chi connectivity index (χ0v) is 21.5. The molecule has 0 unspecified atom stereocenters. The van der Waals surface area contributed by atoms with Gasteiger partial charge in [0.05, 0.1) is 10.2 Å². The molecule has 4 heterocycles. The zero-order chi connectivity index (χ0) is 21.8. The predicted molar refractivity (Wildman–Crippen MR) is 143 cm³/mol. The lowest BCUT2D eigenvalue weighted by molar-refractivity contribution is 0.369. The molecule has 4 aromatic rings. The number of thiazole rings is 1. The summed E-state index contributed by atoms with van der Waals surface area (Å²) in [6.07, 6.45) is 3.57. The molecule has 0 aliphatic carbocycles. The number of aromatic nitrogens is 3. The molecule has 8 nitrogen and oxygen atoms in total. The molecule has 0 atom stereocenters. The number of furan rings is 1. The standard InChI is InChI=1S/C23H25N7OS.HI/c1-2-24-22(29-12-14-30(15-13-29)23-25-10-5-11-26-23)27-16-17-8-9-19(31-17)21-28-18-6-3-4-7-20(18)32-21;/h3-11H,2,12-16H2,1H3,(H,24,27);1H. The highest BCUT2D eigenvalue weighted by atomic mass is 127. The third-order valence-electron chi connectivity index (χ3n) is 5.30. The number of anilines is 1. The van der Waals surface area contributed by atoms with Crippen LogP contribution in [0.4, 0.5) is 5.95 Å². The third kappa shape index (κ3) is 5.44. The molecule has 0 amide bonds. The Morgan fingerprint density at radius 1 is 1.06 bits per heavy atom. The van der Waals surface area contributed by atoms with Gasteiger partial charge in [-0.2, -0.15) is 0 Å². The summed E-state index contributed by atoms with van der Waals surface area (Å²) in [6.45, 7) is 6.82. The maximum absolute atomic E-state index is 6.06. The zero-order valence-electron chi connectivity index (χ0n) is 18.3. The van der Waals surface area contributed by atoms with Gasteiger partial charge in [-0.1, -0.05) is 12.1 Å². The number of guanidine groups is 1. The van der Waals surface area contributed by atoms with Crippen molar-refractivity contribution >= 4 is 57.4 Å². The number of rotatable bonds is 5. The van der Waals surface area contributed by atoms with Gasteiger partial charge in [0.15, 0.2) is 16.7 Å². The van der Waals surface area contributed by atoms with Gasteiger partial charge >= 0.3 is 0 Å². The van der Waals surface area contributed by atoms with Gasteiger partial charge in [0.2, 0.25) is 5.95 Å². The number of fused-ring (bicyclic) bond motifs is 1. The van der Waals surface area contributed by atoms with Crippen molar-refractivity contribution in [2.45, 2.75) is 13.5 Å². The number of nitrogens with one attached hydrogen (secondary N) is 1. The summed E-state index contributed by atoms with van der Waals surface area (Å²) in [5, 5.41) is 4.30. The van der Waals surface area contributed by atoms with E-state index in [1.54, 1.807) is 23.7 Å². The van der Waals surface area contributed by atoms with Crippen molar-refractivity contribution in [1.82, 2.24) is 25.2 Å². The quantitative estimate of drug-likeness (QED) is 0.217. The molecule has 1 aliphatic rings. The summed E-state index contributed by atoms with van der Waals surface area (Å²) in [5.41, 5.74) is 0.998. The molecule has 0 bridgehead atoms. The number of para-hydroxylation sites is 1. The van der Waals surface area contributed by atoms with E-state index in [4.69, 9.17) is 9.41 Å². The van der Waals surface area contributed by atoms with Crippen molar-refractivity contribution in [3.63, 3.8) is 0 Å². The average Bonchev–Trinajstić information content (AvgIpc) is 3.49. The molecule has 1 N–H and O–H groups in total. The van der Waals surface area contributed by atoms with Crippen LogP contribution >= 0.6 is 35.3 Å². The molecular weight excluding hydrogens is 549 g/mol. The average molecular weight is 575 g/mol. The Morgan fingerprint density at radius 2 is 1.85 bits per heavy atom. The Bertz CT molecular complexity index is 1170. The first-order valence-electron chi connectivity index (χ1n) is 10.8. The summed E-state index contributed by atoms with van der Waals surface area (Å²) in [5.74, 6) is 3.30. The summed E-state index contributed by atoms with van der Waals surface area (Å²) in [4.78, 5) is 22.7. The van der Waals surface area contributed by atoms with Gasteiger partial charge in [-0.05, 0) is 37.3 Å². The molecular formula is C23H26IN7OS. The lowest BCUT2D eigenvalue weighted by atomic mass is 10.3. The van der Waals surface area contributed by atoms with E-state index in [2.05, 4.69) is 43.1 Å². The largest absolute Gasteiger partial charge is 0.457 e. The monoisotopic (exact) mass is 575 g/mol. The summed E-state index contributed by atoms with van der Waals surface area (Å²) < 4.78 is 7.22. The molecule has 3 aromatic heterocycles. The van der Waals surface area contributed by atoms with E-state index in [0.717, 1.165) is 71.4 Å². The maximum atomic E-state index is 6.06. The minimum Gasteiger partial charge on any atom is -0.457 e. The lowest BCUT2D eigenvalue weighted by Crippen LogP contribution is -2.52. The van der Waals surface area contributed by atoms with Crippen molar-refractivity contribution in [3.05, 3.63) is 60.6 Å². The number of halogens is 1. The van der Waals surface area contributed by atoms with Crippen LogP contribution in [0, 0.1) is 0 Å². The molecule has 1 aromatic carbocycles. The van der Waals surface area contributed by atoms with Gasteiger partial charge in [-0.15, -0.1) is 35.3 Å². The van der Waals surface area contributed by atoms with E-state index in [1.165, 1.54) is 0 Å². The number of aliphatic imine (C=N–C) groups is 1. The highest BCUT2D eigenvalue weighted by Crippen LogP contribution is 2.31. The van der Waals surface area contributed by atoms with Crippen molar-refractivity contribution < 1.29 is 4.42 Å². The normalized spacial score (nSPS) is 14.4. The fourth-order valence-electron chi connectivity index (χ4n) is 3.71. The Morgan fingerprint density at radius 3 is 2.61 bits per heavy atom. The summed E-state index contributed by atoms with van der Waals surface area (Å²) >= 11 is 1.64. The van der Waals surface area contributed by atoms with Crippen LogP contribution in [0.1, 0.15) is 12.7 Å². The molecule has 1 fully saturated rings.